The SMILES string of the molecule is Cc1c(C(=O)NCCC(C)C)oc2c1/C(=N/Nc1ccccc1)CCC2. The molecule has 0 aliphatic heterocycles. The van der Waals surface area contributed by atoms with Crippen molar-refractivity contribution < 1.29 is 9.21 Å². The lowest BCUT2D eigenvalue weighted by atomic mass is 9.93. The Balaban J connectivity index is 1.79. The van der Waals surface area contributed by atoms with Crippen LogP contribution in [0.5, 0.6) is 0 Å². The molecule has 1 aromatic heterocycles. The summed E-state index contributed by atoms with van der Waals surface area (Å²) in [6.07, 6.45) is 3.66. The van der Waals surface area contributed by atoms with Gasteiger partial charge < -0.3 is 9.73 Å². The van der Waals surface area contributed by atoms with E-state index < -0.39 is 0 Å². The molecule has 0 unspecified atom stereocenters. The zero-order valence-corrected chi connectivity index (χ0v) is 15.8. The lowest BCUT2D eigenvalue weighted by Crippen LogP contribution is -2.25. The molecule has 138 valence electrons. The van der Waals surface area contributed by atoms with E-state index in [0.29, 0.717) is 18.2 Å². The molecule has 1 heterocycles. The molecule has 0 spiro atoms. The normalized spacial score (nSPS) is 15.2. The van der Waals surface area contributed by atoms with E-state index in [1.807, 2.05) is 37.3 Å². The average Bonchev–Trinajstić information content (AvgIpc) is 2.98. The van der Waals surface area contributed by atoms with Gasteiger partial charge in [0.25, 0.3) is 5.91 Å². The van der Waals surface area contributed by atoms with E-state index in [1.54, 1.807) is 0 Å². The van der Waals surface area contributed by atoms with Crippen molar-refractivity contribution >= 4 is 17.3 Å². The van der Waals surface area contributed by atoms with Gasteiger partial charge in [-0.15, -0.1) is 0 Å². The molecule has 3 rings (SSSR count). The first-order valence-electron chi connectivity index (χ1n) is 9.34. The van der Waals surface area contributed by atoms with Gasteiger partial charge in [-0.25, -0.2) is 0 Å². The predicted molar refractivity (Wildman–Crippen MR) is 105 cm³/mol. The number of rotatable bonds is 6. The summed E-state index contributed by atoms with van der Waals surface area (Å²) in [6.45, 7) is 6.90. The number of furan rings is 1. The highest BCUT2D eigenvalue weighted by atomic mass is 16.4. The van der Waals surface area contributed by atoms with E-state index in [4.69, 9.17) is 4.42 Å². The van der Waals surface area contributed by atoms with Gasteiger partial charge in [-0.3, -0.25) is 10.2 Å². The Hall–Kier alpha value is -2.56. The Labute approximate surface area is 154 Å². The minimum absolute atomic E-state index is 0.132. The summed E-state index contributed by atoms with van der Waals surface area (Å²) in [6, 6.07) is 9.86. The molecule has 0 saturated heterocycles. The highest BCUT2D eigenvalue weighted by Gasteiger charge is 2.27. The van der Waals surface area contributed by atoms with E-state index >= 15 is 0 Å². The predicted octanol–water partition coefficient (Wildman–Crippen LogP) is 4.52. The van der Waals surface area contributed by atoms with Gasteiger partial charge in [-0.1, -0.05) is 32.0 Å². The van der Waals surface area contributed by atoms with Crippen molar-refractivity contribution in [3.63, 3.8) is 0 Å². The second kappa shape index (κ2) is 8.21. The van der Waals surface area contributed by atoms with Crippen molar-refractivity contribution in [1.29, 1.82) is 0 Å². The Morgan fingerprint density at radius 1 is 1.23 bits per heavy atom. The maximum Gasteiger partial charge on any atom is 0.287 e. The standard InChI is InChI=1S/C21H27N3O2/c1-14(2)12-13-22-21(25)20-15(3)19-17(10-7-11-18(19)26-20)24-23-16-8-5-4-6-9-16/h4-6,8-9,14,23H,7,10-13H2,1-3H3,(H,22,25)/b24-17+. The summed E-state index contributed by atoms with van der Waals surface area (Å²) in [5.41, 5.74) is 6.89. The first-order valence-corrected chi connectivity index (χ1v) is 9.34. The maximum absolute atomic E-state index is 12.5. The summed E-state index contributed by atoms with van der Waals surface area (Å²) < 4.78 is 5.92. The number of carbonyl (C=O) groups is 1. The van der Waals surface area contributed by atoms with Crippen LogP contribution in [0.25, 0.3) is 0 Å². The summed E-state index contributed by atoms with van der Waals surface area (Å²) >= 11 is 0. The molecule has 5 nitrogen and oxygen atoms in total. The van der Waals surface area contributed by atoms with Gasteiger partial charge in [0, 0.05) is 24.1 Å². The molecule has 0 atom stereocenters. The molecular weight excluding hydrogens is 326 g/mol. The van der Waals surface area contributed by atoms with Crippen molar-refractivity contribution in [3.8, 4) is 0 Å². The Morgan fingerprint density at radius 3 is 2.73 bits per heavy atom. The molecule has 0 bridgehead atoms. The van der Waals surface area contributed by atoms with Crippen molar-refractivity contribution in [2.75, 3.05) is 12.0 Å². The monoisotopic (exact) mass is 353 g/mol. The minimum Gasteiger partial charge on any atom is -0.455 e. The maximum atomic E-state index is 12.5. The number of hydrogen-bond donors (Lipinski definition) is 2. The lowest BCUT2D eigenvalue weighted by molar-refractivity contribution is 0.0921. The van der Waals surface area contributed by atoms with Crippen LogP contribution in [0, 0.1) is 12.8 Å². The molecule has 26 heavy (non-hydrogen) atoms. The van der Waals surface area contributed by atoms with Crippen LogP contribution in [0.1, 0.15) is 60.6 Å². The Morgan fingerprint density at radius 2 is 2.00 bits per heavy atom. The van der Waals surface area contributed by atoms with E-state index in [-0.39, 0.29) is 5.91 Å². The van der Waals surface area contributed by atoms with Crippen molar-refractivity contribution in [1.82, 2.24) is 5.32 Å². The van der Waals surface area contributed by atoms with Crippen molar-refractivity contribution in [2.24, 2.45) is 11.0 Å². The van der Waals surface area contributed by atoms with Gasteiger partial charge in [0.05, 0.1) is 11.4 Å². The van der Waals surface area contributed by atoms with Crippen LogP contribution in [0.4, 0.5) is 5.69 Å². The minimum atomic E-state index is -0.132. The summed E-state index contributed by atoms with van der Waals surface area (Å²) in [7, 11) is 0. The molecule has 1 aliphatic rings. The number of para-hydroxylation sites is 1. The van der Waals surface area contributed by atoms with E-state index in [9.17, 15) is 4.79 Å². The van der Waals surface area contributed by atoms with Crippen LogP contribution in [-0.4, -0.2) is 18.2 Å². The molecule has 0 radical (unpaired) electrons. The number of amides is 1. The van der Waals surface area contributed by atoms with Crippen LogP contribution in [0.15, 0.2) is 39.9 Å². The fourth-order valence-electron chi connectivity index (χ4n) is 3.20. The second-order valence-electron chi connectivity index (χ2n) is 7.18. The molecular formula is C21H27N3O2. The van der Waals surface area contributed by atoms with Gasteiger partial charge in [-0.2, -0.15) is 5.10 Å². The zero-order chi connectivity index (χ0) is 18.5. The fourth-order valence-corrected chi connectivity index (χ4v) is 3.20. The second-order valence-corrected chi connectivity index (χ2v) is 7.18. The summed E-state index contributed by atoms with van der Waals surface area (Å²) in [5, 5.41) is 7.55. The molecule has 2 aromatic rings. The highest BCUT2D eigenvalue weighted by molar-refractivity contribution is 6.06. The first kappa shape index (κ1) is 18.2. The van der Waals surface area contributed by atoms with Gasteiger partial charge in [0.15, 0.2) is 5.76 Å². The van der Waals surface area contributed by atoms with Crippen LogP contribution < -0.4 is 10.7 Å². The zero-order valence-electron chi connectivity index (χ0n) is 15.8. The van der Waals surface area contributed by atoms with Gasteiger partial charge >= 0.3 is 0 Å². The highest BCUT2D eigenvalue weighted by Crippen LogP contribution is 2.30. The number of benzene rings is 1. The van der Waals surface area contributed by atoms with E-state index in [2.05, 4.69) is 29.7 Å². The van der Waals surface area contributed by atoms with Gasteiger partial charge in [0.2, 0.25) is 0 Å². The van der Waals surface area contributed by atoms with Crippen LogP contribution >= 0.6 is 0 Å². The largest absolute Gasteiger partial charge is 0.455 e. The molecule has 2 N–H and O–H groups in total. The summed E-state index contributed by atoms with van der Waals surface area (Å²) in [5.74, 6) is 1.72. The molecule has 1 amide bonds. The summed E-state index contributed by atoms with van der Waals surface area (Å²) in [4.78, 5) is 12.5. The number of fused-ring (bicyclic) bond motifs is 1. The fraction of sp³-hybridized carbons (Fsp3) is 0.429. The molecule has 1 aromatic carbocycles. The first-order chi connectivity index (χ1) is 12.6. The Bertz CT molecular complexity index is 791. The quantitative estimate of drug-likeness (QED) is 0.751. The van der Waals surface area contributed by atoms with Gasteiger partial charge in [0.1, 0.15) is 5.76 Å². The topological polar surface area (TPSA) is 66.6 Å². The third-order valence-electron chi connectivity index (χ3n) is 4.63. The molecule has 0 fully saturated rings. The van der Waals surface area contributed by atoms with Crippen LogP contribution in [0.2, 0.25) is 0 Å². The molecule has 0 saturated carbocycles. The number of hydrogen-bond acceptors (Lipinski definition) is 4. The van der Waals surface area contributed by atoms with E-state index in [1.165, 1.54) is 0 Å². The Kier molecular flexibility index (Phi) is 5.76. The number of hydrazone groups is 1. The van der Waals surface area contributed by atoms with Gasteiger partial charge in [-0.05, 0) is 44.2 Å². The smallest absolute Gasteiger partial charge is 0.287 e. The number of anilines is 1. The van der Waals surface area contributed by atoms with E-state index in [0.717, 1.165) is 54.0 Å². The molecule has 5 heteroatoms. The van der Waals surface area contributed by atoms with Crippen LogP contribution in [0.3, 0.4) is 0 Å². The lowest BCUT2D eigenvalue weighted by Gasteiger charge is -2.13. The number of nitrogens with zero attached hydrogens (tertiary/aromatic N) is 1. The average molecular weight is 353 g/mol. The van der Waals surface area contributed by atoms with Crippen molar-refractivity contribution in [3.05, 3.63) is 53.0 Å². The van der Waals surface area contributed by atoms with Crippen LogP contribution in [-0.2, 0) is 6.42 Å². The third kappa shape index (κ3) is 4.15. The third-order valence-corrected chi connectivity index (χ3v) is 4.63. The number of carbonyl (C=O) groups excluding carboxylic acids is 1. The number of aryl methyl sites for hydroxylation is 1. The van der Waals surface area contributed by atoms with Crippen molar-refractivity contribution in [2.45, 2.75) is 46.5 Å². The number of nitrogens with one attached hydrogen (secondary N) is 2. The molecule has 1 aliphatic carbocycles.